The molecule has 1 N–H and O–H groups in total. The van der Waals surface area contributed by atoms with Gasteiger partial charge >= 0.3 is 5.97 Å². The van der Waals surface area contributed by atoms with Crippen molar-refractivity contribution in [3.8, 4) is 11.3 Å². The Morgan fingerprint density at radius 3 is 2.80 bits per heavy atom. The highest BCUT2D eigenvalue weighted by Gasteiger charge is 2.12. The summed E-state index contributed by atoms with van der Waals surface area (Å²) in [5.74, 6) is -1.33. The van der Waals surface area contributed by atoms with Crippen molar-refractivity contribution in [1.29, 1.82) is 0 Å². The molecule has 4 nitrogen and oxygen atoms in total. The summed E-state index contributed by atoms with van der Waals surface area (Å²) in [6.45, 7) is 0. The van der Waals surface area contributed by atoms with Crippen LogP contribution in [0.2, 0.25) is 5.02 Å². The van der Waals surface area contributed by atoms with Crippen molar-refractivity contribution >= 4 is 17.6 Å². The Kier molecular flexibility index (Phi) is 2.43. The number of carboxylic acid groups (broad SMARTS) is 1. The van der Waals surface area contributed by atoms with E-state index in [0.717, 1.165) is 5.56 Å². The maximum absolute atomic E-state index is 10.6. The second-order valence-corrected chi connectivity index (χ2v) is 3.33. The molecule has 15 heavy (non-hydrogen) atoms. The van der Waals surface area contributed by atoms with Crippen molar-refractivity contribution in [3.63, 3.8) is 0 Å². The predicted octanol–water partition coefficient (Wildman–Crippen LogP) is 2.69. The number of aromatic carboxylic acids is 1. The minimum Gasteiger partial charge on any atom is -0.475 e. The molecule has 0 aliphatic rings. The van der Waals surface area contributed by atoms with Crippen LogP contribution in [0.5, 0.6) is 0 Å². The summed E-state index contributed by atoms with van der Waals surface area (Å²) in [6.07, 6.45) is 0. The molecule has 0 radical (unpaired) electrons. The lowest BCUT2D eigenvalue weighted by Gasteiger charge is -1.94. The first-order valence-electron chi connectivity index (χ1n) is 4.13. The van der Waals surface area contributed by atoms with Crippen LogP contribution in [0.3, 0.4) is 0 Å². The van der Waals surface area contributed by atoms with Gasteiger partial charge in [0.1, 0.15) is 5.69 Å². The minimum atomic E-state index is -1.14. The number of nitrogens with zero attached hydrogens (tertiary/aromatic N) is 1. The van der Waals surface area contributed by atoms with E-state index in [4.69, 9.17) is 16.7 Å². The normalized spacial score (nSPS) is 10.2. The van der Waals surface area contributed by atoms with E-state index in [2.05, 4.69) is 9.68 Å². The summed E-state index contributed by atoms with van der Waals surface area (Å²) in [4.78, 5) is 10.6. The van der Waals surface area contributed by atoms with E-state index in [9.17, 15) is 4.79 Å². The van der Waals surface area contributed by atoms with Gasteiger partial charge in [-0.15, -0.1) is 0 Å². The first-order valence-corrected chi connectivity index (χ1v) is 4.50. The predicted molar refractivity (Wildman–Crippen MR) is 53.9 cm³/mol. The van der Waals surface area contributed by atoms with Crippen molar-refractivity contribution in [3.05, 3.63) is 41.1 Å². The smallest absolute Gasteiger partial charge is 0.374 e. The molecule has 0 atom stereocenters. The molecule has 1 heterocycles. The van der Waals surface area contributed by atoms with Crippen molar-refractivity contribution < 1.29 is 14.4 Å². The van der Waals surface area contributed by atoms with Gasteiger partial charge < -0.3 is 9.63 Å². The van der Waals surface area contributed by atoms with Crippen LogP contribution in [0.15, 0.2) is 34.9 Å². The van der Waals surface area contributed by atoms with Crippen LogP contribution in [0.1, 0.15) is 10.6 Å². The molecule has 0 saturated heterocycles. The summed E-state index contributed by atoms with van der Waals surface area (Å²) in [5, 5.41) is 12.8. The molecular weight excluding hydrogens is 218 g/mol. The van der Waals surface area contributed by atoms with Gasteiger partial charge in [0.25, 0.3) is 0 Å². The lowest BCUT2D eigenvalue weighted by atomic mass is 10.1. The van der Waals surface area contributed by atoms with Crippen LogP contribution in [0.25, 0.3) is 11.3 Å². The zero-order chi connectivity index (χ0) is 10.8. The molecule has 0 unspecified atom stereocenters. The average Bonchev–Trinajstić information content (AvgIpc) is 2.66. The number of rotatable bonds is 2. The maximum atomic E-state index is 10.6. The number of halogens is 1. The first kappa shape index (κ1) is 9.73. The van der Waals surface area contributed by atoms with Gasteiger partial charge in [-0.1, -0.05) is 28.9 Å². The Balaban J connectivity index is 2.41. The third kappa shape index (κ3) is 1.99. The molecule has 0 aliphatic carbocycles. The number of carbonyl (C=O) groups is 1. The highest BCUT2D eigenvalue weighted by Crippen LogP contribution is 2.22. The summed E-state index contributed by atoms with van der Waals surface area (Å²) in [6, 6.07) is 8.30. The largest absolute Gasteiger partial charge is 0.475 e. The number of benzene rings is 1. The van der Waals surface area contributed by atoms with Gasteiger partial charge in [-0.05, 0) is 12.1 Å². The van der Waals surface area contributed by atoms with Crippen LogP contribution >= 0.6 is 11.6 Å². The van der Waals surface area contributed by atoms with Crippen molar-refractivity contribution in [2.45, 2.75) is 0 Å². The van der Waals surface area contributed by atoms with Crippen LogP contribution in [0, 0.1) is 0 Å². The highest BCUT2D eigenvalue weighted by molar-refractivity contribution is 6.30. The van der Waals surface area contributed by atoms with Gasteiger partial charge in [-0.2, -0.15) is 0 Å². The highest BCUT2D eigenvalue weighted by atomic mass is 35.5. The standard InChI is InChI=1S/C10H6ClNO3/c11-7-3-1-2-6(4-7)8-5-9(10(13)14)15-12-8/h1-5H,(H,13,14). The molecule has 2 rings (SSSR count). The molecule has 1 aromatic heterocycles. The molecule has 0 fully saturated rings. The zero-order valence-electron chi connectivity index (χ0n) is 7.48. The Morgan fingerprint density at radius 1 is 1.40 bits per heavy atom. The third-order valence-electron chi connectivity index (χ3n) is 1.84. The molecule has 0 aliphatic heterocycles. The van der Waals surface area contributed by atoms with Gasteiger partial charge in [-0.3, -0.25) is 0 Å². The van der Waals surface area contributed by atoms with E-state index < -0.39 is 5.97 Å². The van der Waals surface area contributed by atoms with Gasteiger partial charge in [0.2, 0.25) is 5.76 Å². The quantitative estimate of drug-likeness (QED) is 0.850. The second-order valence-electron chi connectivity index (χ2n) is 2.89. The Morgan fingerprint density at radius 2 is 2.20 bits per heavy atom. The van der Waals surface area contributed by atoms with E-state index in [0.29, 0.717) is 10.7 Å². The van der Waals surface area contributed by atoms with Crippen molar-refractivity contribution in [2.75, 3.05) is 0 Å². The SMILES string of the molecule is O=C(O)c1cc(-c2cccc(Cl)c2)no1. The fourth-order valence-corrected chi connectivity index (χ4v) is 1.35. The molecule has 2 aromatic rings. The van der Waals surface area contributed by atoms with Gasteiger partial charge in [0.15, 0.2) is 0 Å². The zero-order valence-corrected chi connectivity index (χ0v) is 8.23. The summed E-state index contributed by atoms with van der Waals surface area (Å²) in [7, 11) is 0. The van der Waals surface area contributed by atoms with E-state index in [1.165, 1.54) is 6.07 Å². The topological polar surface area (TPSA) is 63.3 Å². The van der Waals surface area contributed by atoms with Crippen molar-refractivity contribution in [1.82, 2.24) is 5.16 Å². The molecular formula is C10H6ClNO3. The molecule has 76 valence electrons. The molecule has 1 aromatic carbocycles. The lowest BCUT2D eigenvalue weighted by Crippen LogP contribution is -1.91. The third-order valence-corrected chi connectivity index (χ3v) is 2.08. The Hall–Kier alpha value is -1.81. The molecule has 0 saturated carbocycles. The van der Waals surface area contributed by atoms with Crippen LogP contribution in [0.4, 0.5) is 0 Å². The summed E-state index contributed by atoms with van der Waals surface area (Å²) in [5.41, 5.74) is 1.17. The fraction of sp³-hybridized carbons (Fsp3) is 0. The maximum Gasteiger partial charge on any atom is 0.374 e. The van der Waals surface area contributed by atoms with Crippen LogP contribution in [-0.4, -0.2) is 16.2 Å². The van der Waals surface area contributed by atoms with Gasteiger partial charge in [0, 0.05) is 16.7 Å². The summed E-state index contributed by atoms with van der Waals surface area (Å²) < 4.78 is 4.63. The number of carboxylic acids is 1. The van der Waals surface area contributed by atoms with E-state index in [-0.39, 0.29) is 5.76 Å². The lowest BCUT2D eigenvalue weighted by molar-refractivity contribution is 0.0652. The number of hydrogen-bond donors (Lipinski definition) is 1. The second kappa shape index (κ2) is 3.74. The molecule has 0 bridgehead atoms. The van der Waals surface area contributed by atoms with E-state index in [1.807, 2.05) is 0 Å². The molecule has 5 heteroatoms. The molecule has 0 spiro atoms. The van der Waals surface area contributed by atoms with Gasteiger partial charge in [0.05, 0.1) is 0 Å². The monoisotopic (exact) mass is 223 g/mol. The fourth-order valence-electron chi connectivity index (χ4n) is 1.16. The number of hydrogen-bond acceptors (Lipinski definition) is 3. The first-order chi connectivity index (χ1) is 7.16. The average molecular weight is 224 g/mol. The number of aromatic nitrogens is 1. The molecule has 0 amide bonds. The van der Waals surface area contributed by atoms with Crippen LogP contribution in [-0.2, 0) is 0 Å². The van der Waals surface area contributed by atoms with E-state index in [1.54, 1.807) is 24.3 Å². The Bertz CT molecular complexity index is 507. The van der Waals surface area contributed by atoms with Crippen molar-refractivity contribution in [2.24, 2.45) is 0 Å². The summed E-state index contributed by atoms with van der Waals surface area (Å²) >= 11 is 5.79. The Labute approximate surface area is 90.1 Å². The van der Waals surface area contributed by atoms with Gasteiger partial charge in [-0.25, -0.2) is 4.79 Å². The van der Waals surface area contributed by atoms with E-state index >= 15 is 0 Å². The minimum absolute atomic E-state index is 0.190. The van der Waals surface area contributed by atoms with Crippen LogP contribution < -0.4 is 0 Å².